The molecule has 1 N–H and O–H groups in total. The largest absolute Gasteiger partial charge is 0.412 e. The normalized spacial score (nSPS) is 40.8. The van der Waals surface area contributed by atoms with Crippen molar-refractivity contribution in [2.75, 3.05) is 13.0 Å². The molecule has 0 amide bonds. The molecule has 96 valence electrons. The van der Waals surface area contributed by atoms with Gasteiger partial charge in [0, 0.05) is 9.24 Å². The quantitative estimate of drug-likeness (QED) is 0.772. The second-order valence-corrected chi connectivity index (χ2v) is 10.8. The third-order valence-corrected chi connectivity index (χ3v) is 8.16. The van der Waals surface area contributed by atoms with Gasteiger partial charge in [0.05, 0.1) is 7.45 Å². The van der Waals surface area contributed by atoms with Gasteiger partial charge in [0.2, 0.25) is 0 Å². The van der Waals surface area contributed by atoms with Crippen molar-refractivity contribution in [3.63, 3.8) is 0 Å². The summed E-state index contributed by atoms with van der Waals surface area (Å²) in [6.45, 7) is 10.6. The fourth-order valence-electron chi connectivity index (χ4n) is 1.50. The predicted molar refractivity (Wildman–Crippen MR) is 73.3 cm³/mol. The maximum Gasteiger partial charge on any atom is 0.192 e. The second-order valence-electron chi connectivity index (χ2n) is 6.11. The molecule has 3 heteroatoms. The lowest BCUT2D eigenvalue weighted by atomic mass is 9.93. The molecule has 1 saturated heterocycles. The van der Waals surface area contributed by atoms with E-state index in [-0.39, 0.29) is 11.0 Å². The first-order chi connectivity index (χ1) is 8.79. The molecule has 1 fully saturated rings. The van der Waals surface area contributed by atoms with Gasteiger partial charge >= 0.3 is 0 Å². The molecule has 1 aliphatic rings. The fraction of sp³-hybridized carbons (Fsp3) is 1.00. The average molecular weight is 247 g/mol. The first-order valence-electron chi connectivity index (χ1n) is 8.21. The zero-order valence-electron chi connectivity index (χ0n) is 15.6. The SMILES string of the molecule is [2H]N1CCC(CC)C([2H])(O[Si](C)(C)C(C)(C)C)C1([2H])[2H]. The monoisotopic (exact) mass is 247 g/mol. The lowest BCUT2D eigenvalue weighted by molar-refractivity contribution is 0.0887. The smallest absolute Gasteiger partial charge is 0.192 e. The van der Waals surface area contributed by atoms with Crippen LogP contribution in [-0.4, -0.2) is 27.4 Å². The van der Waals surface area contributed by atoms with E-state index in [9.17, 15) is 0 Å². The minimum atomic E-state index is -2.28. The second kappa shape index (κ2) is 5.19. The number of rotatable bonds is 3. The van der Waals surface area contributed by atoms with Gasteiger partial charge in [-0.05, 0) is 37.0 Å². The summed E-state index contributed by atoms with van der Waals surface area (Å²) in [7, 11) is -2.28. The molecule has 0 aromatic rings. The molecule has 1 heterocycles. The van der Waals surface area contributed by atoms with E-state index in [1.165, 1.54) is 0 Å². The van der Waals surface area contributed by atoms with E-state index < -0.39 is 20.9 Å². The summed E-state index contributed by atoms with van der Waals surface area (Å²) in [6.07, 6.45) is -0.326. The van der Waals surface area contributed by atoms with Crippen LogP contribution in [0.3, 0.4) is 0 Å². The Kier molecular flexibility index (Phi) is 2.96. The highest BCUT2D eigenvalue weighted by Crippen LogP contribution is 2.38. The number of hydrogen-bond donors (Lipinski definition) is 1. The van der Waals surface area contributed by atoms with Crippen LogP contribution < -0.4 is 5.31 Å². The van der Waals surface area contributed by atoms with Gasteiger partial charge in [-0.1, -0.05) is 34.1 Å². The minimum Gasteiger partial charge on any atom is -0.412 e. The fourth-order valence-corrected chi connectivity index (χ4v) is 2.57. The molecule has 0 bridgehead atoms. The number of nitrogens with one attached hydrogen (secondary N) is 1. The maximum atomic E-state index is 8.72. The average Bonchev–Trinajstić information content (AvgIpc) is 2.25. The van der Waals surface area contributed by atoms with E-state index >= 15 is 0 Å². The summed E-state index contributed by atoms with van der Waals surface area (Å²) in [4.78, 5) is 0. The third kappa shape index (κ3) is 3.31. The van der Waals surface area contributed by atoms with Crippen LogP contribution in [0, 0.1) is 5.92 Å². The van der Waals surface area contributed by atoms with Crippen LogP contribution in [0.1, 0.15) is 44.6 Å². The van der Waals surface area contributed by atoms with Crippen LogP contribution in [0.4, 0.5) is 0 Å². The lowest BCUT2D eigenvalue weighted by Gasteiger charge is -2.43. The molecule has 0 aromatic carbocycles. The molecule has 0 saturated carbocycles. The van der Waals surface area contributed by atoms with Gasteiger partial charge in [-0.25, -0.2) is 0 Å². The van der Waals surface area contributed by atoms with Crippen LogP contribution in [0.2, 0.25) is 19.5 Å². The number of hydrogen-bond acceptors (Lipinski definition) is 2. The zero-order valence-corrected chi connectivity index (χ0v) is 12.6. The predicted octanol–water partition coefficient (Wildman–Crippen LogP) is 3.40. The summed E-state index contributed by atoms with van der Waals surface area (Å²) in [5, 5.41) is 0.805. The summed E-state index contributed by atoms with van der Waals surface area (Å²) < 4.78 is 39.2. The van der Waals surface area contributed by atoms with E-state index in [0.717, 1.165) is 5.31 Å². The van der Waals surface area contributed by atoms with Gasteiger partial charge < -0.3 is 9.74 Å². The molecule has 0 aromatic heterocycles. The van der Waals surface area contributed by atoms with Crippen molar-refractivity contribution >= 4 is 8.32 Å². The van der Waals surface area contributed by atoms with Crippen molar-refractivity contribution in [1.82, 2.24) is 5.31 Å². The van der Waals surface area contributed by atoms with Crippen molar-refractivity contribution in [3.8, 4) is 0 Å². The van der Waals surface area contributed by atoms with Crippen LogP contribution >= 0.6 is 0 Å². The summed E-state index contributed by atoms with van der Waals surface area (Å²) >= 11 is 0. The highest BCUT2D eigenvalue weighted by Gasteiger charge is 2.40. The Morgan fingerprint density at radius 1 is 1.56 bits per heavy atom. The van der Waals surface area contributed by atoms with Crippen LogP contribution in [0.25, 0.3) is 0 Å². The molecule has 2 unspecified atom stereocenters. The Balaban J connectivity index is 3.19. The van der Waals surface area contributed by atoms with Crippen molar-refractivity contribution in [3.05, 3.63) is 0 Å². The van der Waals surface area contributed by atoms with E-state index in [0.29, 0.717) is 19.4 Å². The molecule has 1 aliphatic heterocycles. The van der Waals surface area contributed by atoms with Gasteiger partial charge in [-0.2, -0.15) is 0 Å². The molecule has 2 nitrogen and oxygen atoms in total. The molecule has 2 atom stereocenters. The highest BCUT2D eigenvalue weighted by atomic mass is 28.4. The van der Waals surface area contributed by atoms with Gasteiger partial charge in [0.25, 0.3) is 0 Å². The van der Waals surface area contributed by atoms with Crippen molar-refractivity contribution in [2.24, 2.45) is 5.92 Å². The highest BCUT2D eigenvalue weighted by molar-refractivity contribution is 6.74. The first kappa shape index (κ1) is 9.12. The number of piperidine rings is 1. The molecular formula is C13H29NOSi. The van der Waals surface area contributed by atoms with Crippen molar-refractivity contribution < 1.29 is 9.95 Å². The third-order valence-electron chi connectivity index (χ3n) is 3.81. The maximum absolute atomic E-state index is 8.72. The van der Waals surface area contributed by atoms with E-state index in [4.69, 9.17) is 9.95 Å². The Bertz CT molecular complexity index is 359. The van der Waals surface area contributed by atoms with E-state index in [1.54, 1.807) is 0 Å². The summed E-state index contributed by atoms with van der Waals surface area (Å²) in [5.74, 6) is -0.173. The van der Waals surface area contributed by atoms with Crippen molar-refractivity contribution in [1.29, 1.82) is 0 Å². The van der Waals surface area contributed by atoms with Crippen LogP contribution in [0.5, 0.6) is 0 Å². The van der Waals surface area contributed by atoms with E-state index in [1.807, 2.05) is 20.0 Å². The minimum absolute atomic E-state index is 0.0836. The molecule has 0 aliphatic carbocycles. The molecule has 0 spiro atoms. The van der Waals surface area contributed by atoms with Gasteiger partial charge in [0.1, 0.15) is 1.41 Å². The Labute approximate surface area is 108 Å². The first-order valence-corrected chi connectivity index (χ1v) is 9.17. The molecule has 16 heavy (non-hydrogen) atoms. The van der Waals surface area contributed by atoms with Crippen LogP contribution in [0.15, 0.2) is 0 Å². The molecule has 0 radical (unpaired) electrons. The summed E-state index contributed by atoms with van der Waals surface area (Å²) in [6, 6.07) is 0. The van der Waals surface area contributed by atoms with Gasteiger partial charge in [-0.15, -0.1) is 0 Å². The van der Waals surface area contributed by atoms with E-state index in [2.05, 4.69) is 20.8 Å². The van der Waals surface area contributed by atoms with Gasteiger partial charge in [0.15, 0.2) is 8.32 Å². The molecular weight excluding hydrogens is 214 g/mol. The lowest BCUT2D eigenvalue weighted by Crippen LogP contribution is -2.51. The Morgan fingerprint density at radius 2 is 2.19 bits per heavy atom. The molecule has 1 rings (SSSR count). The van der Waals surface area contributed by atoms with Gasteiger partial charge in [-0.3, -0.25) is 0 Å². The topological polar surface area (TPSA) is 21.3 Å². The van der Waals surface area contributed by atoms with Crippen LogP contribution in [-0.2, 0) is 4.43 Å². The Morgan fingerprint density at radius 3 is 2.69 bits per heavy atom. The Hall–Kier alpha value is 0.137. The van der Waals surface area contributed by atoms with Crippen molar-refractivity contribution in [2.45, 2.75) is 64.7 Å². The zero-order chi connectivity index (χ0) is 16.0. The standard InChI is InChI=1S/C13H29NOSi/c1-7-11-8-9-14-10-12(11)15-16(5,6)13(2,3)4/h11-12,14H,7-10H2,1-6H3/i10D2,12D/hD. The summed E-state index contributed by atoms with van der Waals surface area (Å²) in [5.41, 5.74) is 0.